The van der Waals surface area contributed by atoms with Crippen molar-refractivity contribution in [3.63, 3.8) is 0 Å². The van der Waals surface area contributed by atoms with Gasteiger partial charge in [0, 0.05) is 24.2 Å². The standard InChI is InChI=1S/C18H28N2O3S/c1-4-14(3)19-24(22,23)17-11-8-9-15(13-17)18(21)20-12-7-6-10-16(20)5-2/h8-9,11,13-14,16,19H,4-7,10,12H2,1-3H3. The van der Waals surface area contributed by atoms with E-state index in [1.54, 1.807) is 12.1 Å². The number of hydrogen-bond acceptors (Lipinski definition) is 3. The van der Waals surface area contributed by atoms with Crippen LogP contribution in [0, 0.1) is 0 Å². The molecule has 2 unspecified atom stereocenters. The van der Waals surface area contributed by atoms with Gasteiger partial charge in [-0.2, -0.15) is 0 Å². The predicted molar refractivity (Wildman–Crippen MR) is 95.5 cm³/mol. The van der Waals surface area contributed by atoms with Crippen LogP contribution >= 0.6 is 0 Å². The van der Waals surface area contributed by atoms with Crippen LogP contribution in [0.25, 0.3) is 0 Å². The van der Waals surface area contributed by atoms with Crippen LogP contribution in [-0.4, -0.2) is 37.9 Å². The Kier molecular flexibility index (Phi) is 6.40. The molecule has 134 valence electrons. The molecule has 5 nitrogen and oxygen atoms in total. The number of nitrogens with one attached hydrogen (secondary N) is 1. The van der Waals surface area contributed by atoms with Gasteiger partial charge < -0.3 is 4.90 Å². The first kappa shape index (κ1) is 18.9. The molecule has 1 aromatic rings. The van der Waals surface area contributed by atoms with Gasteiger partial charge >= 0.3 is 0 Å². The third kappa shape index (κ3) is 4.36. The van der Waals surface area contributed by atoms with Crippen LogP contribution in [0.3, 0.4) is 0 Å². The van der Waals surface area contributed by atoms with E-state index in [1.165, 1.54) is 12.1 Å². The second-order valence-electron chi connectivity index (χ2n) is 6.51. The summed E-state index contributed by atoms with van der Waals surface area (Å²) in [6.07, 6.45) is 4.82. The largest absolute Gasteiger partial charge is 0.336 e. The Morgan fingerprint density at radius 1 is 1.33 bits per heavy atom. The molecule has 2 rings (SSSR count). The zero-order chi connectivity index (χ0) is 17.7. The van der Waals surface area contributed by atoms with Crippen molar-refractivity contribution in [1.29, 1.82) is 0 Å². The Labute approximate surface area is 145 Å². The molecule has 0 saturated carbocycles. The number of carbonyl (C=O) groups excluding carboxylic acids is 1. The van der Waals surface area contributed by atoms with Crippen molar-refractivity contribution in [2.45, 2.75) is 69.9 Å². The highest BCUT2D eigenvalue weighted by Gasteiger charge is 2.27. The lowest BCUT2D eigenvalue weighted by molar-refractivity contribution is 0.0608. The molecule has 1 fully saturated rings. The van der Waals surface area contributed by atoms with Gasteiger partial charge in [-0.05, 0) is 57.2 Å². The lowest BCUT2D eigenvalue weighted by Gasteiger charge is -2.35. The van der Waals surface area contributed by atoms with E-state index in [0.29, 0.717) is 12.0 Å². The van der Waals surface area contributed by atoms with E-state index in [2.05, 4.69) is 11.6 Å². The fourth-order valence-corrected chi connectivity index (χ4v) is 4.44. The fraction of sp³-hybridized carbons (Fsp3) is 0.611. The summed E-state index contributed by atoms with van der Waals surface area (Å²) in [6.45, 7) is 6.59. The lowest BCUT2D eigenvalue weighted by atomic mass is 9.99. The molecule has 0 bridgehead atoms. The first-order valence-electron chi connectivity index (χ1n) is 8.82. The molecular weight excluding hydrogens is 324 g/mol. The fourth-order valence-electron chi connectivity index (χ4n) is 3.07. The van der Waals surface area contributed by atoms with Gasteiger partial charge in [0.05, 0.1) is 4.90 Å². The molecule has 1 aliphatic heterocycles. The molecular formula is C18H28N2O3S. The molecule has 0 aliphatic carbocycles. The second-order valence-corrected chi connectivity index (χ2v) is 8.23. The van der Waals surface area contributed by atoms with Gasteiger partial charge in [-0.25, -0.2) is 13.1 Å². The second kappa shape index (κ2) is 8.12. The predicted octanol–water partition coefficient (Wildman–Crippen LogP) is 3.17. The summed E-state index contributed by atoms with van der Waals surface area (Å²) in [5.74, 6) is -0.0675. The van der Waals surface area contributed by atoms with Crippen LogP contribution in [0.2, 0.25) is 0 Å². The number of benzene rings is 1. The van der Waals surface area contributed by atoms with E-state index in [0.717, 1.165) is 32.2 Å². The maximum absolute atomic E-state index is 12.8. The Hall–Kier alpha value is -1.40. The topological polar surface area (TPSA) is 66.5 Å². The Balaban J connectivity index is 2.25. The van der Waals surface area contributed by atoms with Gasteiger partial charge in [0.25, 0.3) is 5.91 Å². The summed E-state index contributed by atoms with van der Waals surface area (Å²) >= 11 is 0. The normalized spacial score (nSPS) is 20.0. The molecule has 1 aliphatic rings. The first-order valence-corrected chi connectivity index (χ1v) is 10.3. The maximum Gasteiger partial charge on any atom is 0.254 e. The van der Waals surface area contributed by atoms with Gasteiger partial charge in [0.1, 0.15) is 0 Å². The van der Waals surface area contributed by atoms with Crippen molar-refractivity contribution in [3.8, 4) is 0 Å². The first-order chi connectivity index (χ1) is 11.4. The van der Waals surface area contributed by atoms with Gasteiger partial charge in [0.15, 0.2) is 0 Å². The average molecular weight is 353 g/mol. The SMILES string of the molecule is CCC(C)NS(=O)(=O)c1cccc(C(=O)N2CCCCC2CC)c1. The molecule has 0 radical (unpaired) electrons. The van der Waals surface area contributed by atoms with Crippen LogP contribution in [-0.2, 0) is 10.0 Å². The number of hydrogen-bond donors (Lipinski definition) is 1. The number of amides is 1. The summed E-state index contributed by atoms with van der Waals surface area (Å²) in [7, 11) is -3.60. The molecule has 1 N–H and O–H groups in total. The van der Waals surface area contributed by atoms with Gasteiger partial charge in [-0.15, -0.1) is 0 Å². The van der Waals surface area contributed by atoms with Crippen LogP contribution in [0.5, 0.6) is 0 Å². The van der Waals surface area contributed by atoms with Crippen LogP contribution in [0.15, 0.2) is 29.2 Å². The molecule has 1 saturated heterocycles. The Bertz CT molecular complexity index is 673. The van der Waals surface area contributed by atoms with Gasteiger partial charge in [-0.1, -0.05) is 19.9 Å². The molecule has 2 atom stereocenters. The van der Waals surface area contributed by atoms with Crippen molar-refractivity contribution < 1.29 is 13.2 Å². The zero-order valence-electron chi connectivity index (χ0n) is 14.8. The third-order valence-electron chi connectivity index (χ3n) is 4.72. The number of sulfonamides is 1. The molecule has 1 amide bonds. The summed E-state index contributed by atoms with van der Waals surface area (Å²) < 4.78 is 27.5. The highest BCUT2D eigenvalue weighted by Crippen LogP contribution is 2.23. The summed E-state index contributed by atoms with van der Waals surface area (Å²) in [6, 6.07) is 6.49. The van der Waals surface area contributed by atoms with Crippen LogP contribution in [0.1, 0.15) is 63.2 Å². The van der Waals surface area contributed by atoms with Crippen molar-refractivity contribution >= 4 is 15.9 Å². The average Bonchev–Trinajstić information content (AvgIpc) is 2.60. The lowest BCUT2D eigenvalue weighted by Crippen LogP contribution is -2.43. The number of carbonyl (C=O) groups is 1. The smallest absolute Gasteiger partial charge is 0.254 e. The van der Waals surface area contributed by atoms with Crippen molar-refractivity contribution in [2.24, 2.45) is 0 Å². The number of piperidine rings is 1. The Morgan fingerprint density at radius 2 is 2.08 bits per heavy atom. The number of rotatable bonds is 6. The molecule has 24 heavy (non-hydrogen) atoms. The van der Waals surface area contributed by atoms with Gasteiger partial charge in [0.2, 0.25) is 10.0 Å². The van der Waals surface area contributed by atoms with E-state index in [-0.39, 0.29) is 22.9 Å². The molecule has 6 heteroatoms. The quantitative estimate of drug-likeness (QED) is 0.855. The minimum absolute atomic E-state index is 0.0675. The monoisotopic (exact) mass is 352 g/mol. The third-order valence-corrected chi connectivity index (χ3v) is 6.31. The zero-order valence-corrected chi connectivity index (χ0v) is 15.6. The molecule has 0 aromatic heterocycles. The van der Waals surface area contributed by atoms with Crippen molar-refractivity contribution in [3.05, 3.63) is 29.8 Å². The van der Waals surface area contributed by atoms with Crippen molar-refractivity contribution in [1.82, 2.24) is 9.62 Å². The van der Waals surface area contributed by atoms with E-state index in [4.69, 9.17) is 0 Å². The number of nitrogens with zero attached hydrogens (tertiary/aromatic N) is 1. The molecule has 1 heterocycles. The highest BCUT2D eigenvalue weighted by molar-refractivity contribution is 7.89. The molecule has 0 spiro atoms. The van der Waals surface area contributed by atoms with E-state index in [1.807, 2.05) is 18.7 Å². The van der Waals surface area contributed by atoms with E-state index < -0.39 is 10.0 Å². The van der Waals surface area contributed by atoms with Crippen LogP contribution < -0.4 is 4.72 Å². The Morgan fingerprint density at radius 3 is 2.75 bits per heavy atom. The number of likely N-dealkylation sites (tertiary alicyclic amines) is 1. The molecule has 1 aromatic carbocycles. The van der Waals surface area contributed by atoms with Crippen molar-refractivity contribution in [2.75, 3.05) is 6.54 Å². The summed E-state index contributed by atoms with van der Waals surface area (Å²) in [4.78, 5) is 14.9. The van der Waals surface area contributed by atoms with E-state index >= 15 is 0 Å². The minimum atomic E-state index is -3.60. The summed E-state index contributed by atoms with van der Waals surface area (Å²) in [5, 5.41) is 0. The van der Waals surface area contributed by atoms with E-state index in [9.17, 15) is 13.2 Å². The van der Waals surface area contributed by atoms with Crippen LogP contribution in [0.4, 0.5) is 0 Å². The minimum Gasteiger partial charge on any atom is -0.336 e. The summed E-state index contributed by atoms with van der Waals surface area (Å²) in [5.41, 5.74) is 0.447. The van der Waals surface area contributed by atoms with Gasteiger partial charge in [-0.3, -0.25) is 4.79 Å². The maximum atomic E-state index is 12.8. The highest BCUT2D eigenvalue weighted by atomic mass is 32.2.